The van der Waals surface area contributed by atoms with Gasteiger partial charge in [-0.15, -0.1) is 0 Å². The fraction of sp³-hybridized carbons (Fsp3) is 0.286. The standard InChI is InChI=1S/C21H23N3O3/c1-14(25)22-19(15-6-3-2-4-7-15)13-20(26)23-18-9-5-8-16(12-18)21(27)24-17-10-11-17/h2-9,12,17,19H,10-11,13H2,1H3,(H,22,25)(H,23,26)(H,24,27)/t19-/m0/s1. The Kier molecular flexibility index (Phi) is 5.86. The van der Waals surface area contributed by atoms with Crippen molar-refractivity contribution in [2.75, 3.05) is 5.32 Å². The molecule has 1 saturated carbocycles. The van der Waals surface area contributed by atoms with Gasteiger partial charge >= 0.3 is 0 Å². The number of anilines is 1. The fourth-order valence-electron chi connectivity index (χ4n) is 2.81. The van der Waals surface area contributed by atoms with Crippen molar-refractivity contribution in [1.82, 2.24) is 10.6 Å². The highest BCUT2D eigenvalue weighted by Gasteiger charge is 2.24. The molecule has 140 valence electrons. The predicted octanol–water partition coefficient (Wildman–Crippen LogP) is 2.78. The summed E-state index contributed by atoms with van der Waals surface area (Å²) in [5.74, 6) is -0.568. The van der Waals surface area contributed by atoms with Crippen LogP contribution in [0.1, 0.15) is 48.1 Å². The van der Waals surface area contributed by atoms with Crippen LogP contribution in [0.4, 0.5) is 5.69 Å². The van der Waals surface area contributed by atoms with Crippen LogP contribution in [0.15, 0.2) is 54.6 Å². The van der Waals surface area contributed by atoms with E-state index in [1.807, 2.05) is 30.3 Å². The average Bonchev–Trinajstić information content (AvgIpc) is 3.45. The Hall–Kier alpha value is -3.15. The molecule has 6 heteroatoms. The fourth-order valence-corrected chi connectivity index (χ4v) is 2.81. The van der Waals surface area contributed by atoms with E-state index in [4.69, 9.17) is 0 Å². The summed E-state index contributed by atoms with van der Waals surface area (Å²) in [6, 6.07) is 16.1. The number of rotatable bonds is 7. The summed E-state index contributed by atoms with van der Waals surface area (Å²) < 4.78 is 0. The van der Waals surface area contributed by atoms with E-state index in [0.717, 1.165) is 18.4 Å². The van der Waals surface area contributed by atoms with Gasteiger partial charge in [-0.25, -0.2) is 0 Å². The maximum atomic E-state index is 12.5. The molecule has 2 aromatic rings. The van der Waals surface area contributed by atoms with Gasteiger partial charge in [0, 0.05) is 24.2 Å². The first-order valence-corrected chi connectivity index (χ1v) is 9.04. The van der Waals surface area contributed by atoms with Crippen LogP contribution >= 0.6 is 0 Å². The van der Waals surface area contributed by atoms with E-state index in [1.165, 1.54) is 6.92 Å². The van der Waals surface area contributed by atoms with Gasteiger partial charge in [-0.05, 0) is 36.6 Å². The minimum absolute atomic E-state index is 0.0993. The number of amides is 3. The van der Waals surface area contributed by atoms with Crippen LogP contribution in [0.2, 0.25) is 0 Å². The normalized spacial score (nSPS) is 14.1. The van der Waals surface area contributed by atoms with Crippen molar-refractivity contribution in [1.29, 1.82) is 0 Å². The van der Waals surface area contributed by atoms with Gasteiger partial charge in [0.2, 0.25) is 11.8 Å². The Labute approximate surface area is 158 Å². The molecular weight excluding hydrogens is 342 g/mol. The van der Waals surface area contributed by atoms with Gasteiger partial charge in [-0.2, -0.15) is 0 Å². The molecular formula is C21H23N3O3. The van der Waals surface area contributed by atoms with E-state index in [2.05, 4.69) is 16.0 Å². The summed E-state index contributed by atoms with van der Waals surface area (Å²) in [6.07, 6.45) is 2.14. The second kappa shape index (κ2) is 8.49. The first-order chi connectivity index (χ1) is 13.0. The molecule has 27 heavy (non-hydrogen) atoms. The average molecular weight is 365 g/mol. The molecule has 1 aliphatic carbocycles. The summed E-state index contributed by atoms with van der Waals surface area (Å²) in [4.78, 5) is 36.1. The summed E-state index contributed by atoms with van der Waals surface area (Å²) in [5, 5.41) is 8.54. The quantitative estimate of drug-likeness (QED) is 0.705. The van der Waals surface area contributed by atoms with Gasteiger partial charge in [-0.1, -0.05) is 36.4 Å². The van der Waals surface area contributed by atoms with E-state index < -0.39 is 6.04 Å². The topological polar surface area (TPSA) is 87.3 Å². The summed E-state index contributed by atoms with van der Waals surface area (Å²) in [5.41, 5.74) is 1.93. The van der Waals surface area contributed by atoms with Crippen molar-refractivity contribution in [3.8, 4) is 0 Å². The van der Waals surface area contributed by atoms with Gasteiger partial charge < -0.3 is 16.0 Å². The molecule has 2 aromatic carbocycles. The molecule has 3 N–H and O–H groups in total. The second-order valence-corrected chi connectivity index (χ2v) is 6.74. The zero-order valence-electron chi connectivity index (χ0n) is 15.2. The molecule has 1 aliphatic rings. The molecule has 0 spiro atoms. The molecule has 0 bridgehead atoms. The second-order valence-electron chi connectivity index (χ2n) is 6.74. The Morgan fingerprint density at radius 2 is 1.78 bits per heavy atom. The van der Waals surface area contributed by atoms with Crippen LogP contribution in [0.25, 0.3) is 0 Å². The van der Waals surface area contributed by atoms with Crippen molar-refractivity contribution in [2.24, 2.45) is 0 Å². The first kappa shape index (κ1) is 18.6. The van der Waals surface area contributed by atoms with E-state index in [-0.39, 0.29) is 30.2 Å². The Balaban J connectivity index is 1.64. The summed E-state index contributed by atoms with van der Waals surface area (Å²) in [6.45, 7) is 1.43. The largest absolute Gasteiger partial charge is 0.349 e. The summed E-state index contributed by atoms with van der Waals surface area (Å²) >= 11 is 0. The smallest absolute Gasteiger partial charge is 0.251 e. The monoisotopic (exact) mass is 365 g/mol. The highest BCUT2D eigenvalue weighted by molar-refractivity contribution is 5.97. The lowest BCUT2D eigenvalue weighted by Gasteiger charge is -2.18. The van der Waals surface area contributed by atoms with Crippen LogP contribution < -0.4 is 16.0 Å². The molecule has 3 amide bonds. The third kappa shape index (κ3) is 5.67. The minimum Gasteiger partial charge on any atom is -0.349 e. The Bertz CT molecular complexity index is 832. The number of benzene rings is 2. The lowest BCUT2D eigenvalue weighted by atomic mass is 10.0. The number of carbonyl (C=O) groups is 3. The highest BCUT2D eigenvalue weighted by atomic mass is 16.2. The molecule has 1 fully saturated rings. The van der Waals surface area contributed by atoms with Crippen LogP contribution in [-0.4, -0.2) is 23.8 Å². The summed E-state index contributed by atoms with van der Waals surface area (Å²) in [7, 11) is 0. The van der Waals surface area contributed by atoms with Crippen molar-refractivity contribution < 1.29 is 14.4 Å². The molecule has 0 aromatic heterocycles. The van der Waals surface area contributed by atoms with Gasteiger partial charge in [-0.3, -0.25) is 14.4 Å². The molecule has 1 atom stereocenters. The minimum atomic E-state index is -0.412. The maximum Gasteiger partial charge on any atom is 0.251 e. The molecule has 6 nitrogen and oxygen atoms in total. The molecule has 0 radical (unpaired) electrons. The van der Waals surface area contributed by atoms with Gasteiger partial charge in [0.1, 0.15) is 0 Å². The number of hydrogen-bond donors (Lipinski definition) is 3. The van der Waals surface area contributed by atoms with Crippen LogP contribution in [0.5, 0.6) is 0 Å². The van der Waals surface area contributed by atoms with Crippen LogP contribution in [-0.2, 0) is 9.59 Å². The lowest BCUT2D eigenvalue weighted by molar-refractivity contribution is -0.120. The first-order valence-electron chi connectivity index (χ1n) is 9.04. The zero-order valence-corrected chi connectivity index (χ0v) is 15.2. The SMILES string of the molecule is CC(=O)N[C@@H](CC(=O)Nc1cccc(C(=O)NC2CC2)c1)c1ccccc1. The van der Waals surface area contributed by atoms with Gasteiger partial charge in [0.25, 0.3) is 5.91 Å². The van der Waals surface area contributed by atoms with Crippen LogP contribution in [0, 0.1) is 0 Å². The van der Waals surface area contributed by atoms with Crippen molar-refractivity contribution in [2.45, 2.75) is 38.3 Å². The van der Waals surface area contributed by atoms with Crippen molar-refractivity contribution in [3.63, 3.8) is 0 Å². The van der Waals surface area contributed by atoms with Gasteiger partial charge in [0.15, 0.2) is 0 Å². The molecule has 0 heterocycles. The maximum absolute atomic E-state index is 12.5. The van der Waals surface area contributed by atoms with E-state index >= 15 is 0 Å². The Morgan fingerprint density at radius 3 is 2.44 bits per heavy atom. The number of nitrogens with one attached hydrogen (secondary N) is 3. The van der Waals surface area contributed by atoms with Crippen molar-refractivity contribution in [3.05, 3.63) is 65.7 Å². The molecule has 0 aliphatic heterocycles. The van der Waals surface area contributed by atoms with E-state index in [1.54, 1.807) is 24.3 Å². The third-order valence-corrected chi connectivity index (χ3v) is 4.29. The zero-order chi connectivity index (χ0) is 19.2. The van der Waals surface area contributed by atoms with Crippen LogP contribution in [0.3, 0.4) is 0 Å². The Morgan fingerprint density at radius 1 is 1.04 bits per heavy atom. The van der Waals surface area contributed by atoms with Gasteiger partial charge in [0.05, 0.1) is 12.5 Å². The predicted molar refractivity (Wildman–Crippen MR) is 103 cm³/mol. The van der Waals surface area contributed by atoms with E-state index in [0.29, 0.717) is 11.3 Å². The lowest BCUT2D eigenvalue weighted by Crippen LogP contribution is -2.29. The molecule has 3 rings (SSSR count). The third-order valence-electron chi connectivity index (χ3n) is 4.29. The van der Waals surface area contributed by atoms with Crippen molar-refractivity contribution >= 4 is 23.4 Å². The number of hydrogen-bond acceptors (Lipinski definition) is 3. The molecule has 0 unspecified atom stereocenters. The molecule has 0 saturated heterocycles. The highest BCUT2D eigenvalue weighted by Crippen LogP contribution is 2.21. The van der Waals surface area contributed by atoms with E-state index in [9.17, 15) is 14.4 Å². The number of carbonyl (C=O) groups excluding carboxylic acids is 3.